The van der Waals surface area contributed by atoms with Crippen LogP contribution >= 0.6 is 11.8 Å². The van der Waals surface area contributed by atoms with Gasteiger partial charge in [0.1, 0.15) is 11.3 Å². The molecular weight excluding hydrogens is 516 g/mol. The second-order valence-corrected chi connectivity index (χ2v) is 11.5. The number of methoxy groups -OCH3 is 2. The lowest BCUT2D eigenvalue weighted by molar-refractivity contribution is -0.160. The van der Waals surface area contributed by atoms with Gasteiger partial charge in [-0.25, -0.2) is 9.97 Å². The van der Waals surface area contributed by atoms with Gasteiger partial charge in [0.15, 0.2) is 0 Å². The summed E-state index contributed by atoms with van der Waals surface area (Å²) in [6.07, 6.45) is 5.16. The van der Waals surface area contributed by atoms with E-state index in [0.717, 1.165) is 59.5 Å². The van der Waals surface area contributed by atoms with Gasteiger partial charge in [-0.2, -0.15) is 0 Å². The summed E-state index contributed by atoms with van der Waals surface area (Å²) in [5.74, 6) is 1.66. The molecule has 1 amide bonds. The summed E-state index contributed by atoms with van der Waals surface area (Å²) < 4.78 is 10.8. The van der Waals surface area contributed by atoms with Crippen molar-refractivity contribution >= 4 is 46.2 Å². The lowest BCUT2D eigenvalue weighted by atomic mass is 9.61. The molecule has 0 bridgehead atoms. The summed E-state index contributed by atoms with van der Waals surface area (Å²) in [6.45, 7) is 2.01. The molecular formula is C28H32N6O4S. The first-order chi connectivity index (χ1) is 19.0. The van der Waals surface area contributed by atoms with Crippen LogP contribution in [0.25, 0.3) is 11.0 Å². The van der Waals surface area contributed by atoms with Gasteiger partial charge in [-0.05, 0) is 55.9 Å². The normalized spacial score (nSPS) is 24.5. The van der Waals surface area contributed by atoms with Crippen molar-refractivity contribution in [2.24, 2.45) is 11.3 Å². The van der Waals surface area contributed by atoms with E-state index in [2.05, 4.69) is 30.5 Å². The van der Waals surface area contributed by atoms with Crippen molar-refractivity contribution in [3.63, 3.8) is 0 Å². The molecule has 6 rings (SSSR count). The van der Waals surface area contributed by atoms with E-state index in [1.807, 2.05) is 30.3 Å². The Bertz CT molecular complexity index is 1420. The van der Waals surface area contributed by atoms with Gasteiger partial charge in [0.2, 0.25) is 11.8 Å². The third kappa shape index (κ3) is 4.89. The molecule has 2 N–H and O–H groups in total. The van der Waals surface area contributed by atoms with Crippen molar-refractivity contribution in [3.05, 3.63) is 42.2 Å². The third-order valence-electron chi connectivity index (χ3n) is 8.29. The van der Waals surface area contributed by atoms with Crippen LogP contribution in [0.4, 0.5) is 11.5 Å². The molecule has 2 fully saturated rings. The zero-order chi connectivity index (χ0) is 27.0. The number of pyridine rings is 3. The molecule has 3 atom stereocenters. The van der Waals surface area contributed by atoms with Crippen LogP contribution in [0.3, 0.4) is 0 Å². The number of hydrogen-bond acceptors (Lipinski definition) is 10. The van der Waals surface area contributed by atoms with Gasteiger partial charge in [-0.15, -0.1) is 11.8 Å². The zero-order valence-electron chi connectivity index (χ0n) is 22.1. The molecule has 0 aromatic carbocycles. The summed E-state index contributed by atoms with van der Waals surface area (Å²) in [5.41, 5.74) is 2.85. The molecule has 3 aromatic heterocycles. The molecule has 0 spiro atoms. The molecule has 5 heterocycles. The average molecular weight is 549 g/mol. The fourth-order valence-electron chi connectivity index (χ4n) is 6.30. The molecule has 1 saturated heterocycles. The van der Waals surface area contributed by atoms with Crippen LogP contribution in [0.5, 0.6) is 5.88 Å². The van der Waals surface area contributed by atoms with Gasteiger partial charge < -0.3 is 25.0 Å². The minimum absolute atomic E-state index is 0.0161. The van der Waals surface area contributed by atoms with Crippen LogP contribution in [0.2, 0.25) is 0 Å². The number of hydrogen-bond donors (Lipinski definition) is 2. The number of fused-ring (bicyclic) bond motifs is 3. The number of thioether (sulfide) groups is 1. The van der Waals surface area contributed by atoms with Crippen LogP contribution in [0.1, 0.15) is 31.4 Å². The number of aromatic nitrogens is 3. The Morgan fingerprint density at radius 2 is 2.10 bits per heavy atom. The number of carbonyl (C=O) groups excluding carboxylic acids is 2. The molecule has 1 saturated carbocycles. The maximum atomic E-state index is 13.3. The van der Waals surface area contributed by atoms with Crippen LogP contribution in [-0.2, 0) is 20.9 Å². The Morgan fingerprint density at radius 3 is 2.95 bits per heavy atom. The van der Waals surface area contributed by atoms with Crippen molar-refractivity contribution < 1.29 is 19.1 Å². The maximum Gasteiger partial charge on any atom is 0.313 e. The van der Waals surface area contributed by atoms with Gasteiger partial charge in [0.05, 0.1) is 47.2 Å². The van der Waals surface area contributed by atoms with E-state index in [9.17, 15) is 9.59 Å². The number of nitrogens with one attached hydrogen (secondary N) is 2. The lowest BCUT2D eigenvalue weighted by Crippen LogP contribution is -2.57. The van der Waals surface area contributed by atoms with Crippen molar-refractivity contribution in [1.82, 2.24) is 20.3 Å². The summed E-state index contributed by atoms with van der Waals surface area (Å²) in [6, 6.07) is 10.0. The first-order valence-electron chi connectivity index (χ1n) is 13.3. The highest BCUT2D eigenvalue weighted by molar-refractivity contribution is 8.00. The summed E-state index contributed by atoms with van der Waals surface area (Å²) in [4.78, 5) is 42.2. The molecule has 0 radical (unpaired) electrons. The van der Waals surface area contributed by atoms with Crippen molar-refractivity contribution in [2.45, 2.75) is 43.2 Å². The molecule has 10 nitrogen and oxygen atoms in total. The smallest absolute Gasteiger partial charge is 0.313 e. The molecule has 39 heavy (non-hydrogen) atoms. The zero-order valence-corrected chi connectivity index (χ0v) is 22.9. The highest BCUT2D eigenvalue weighted by atomic mass is 32.2. The molecule has 3 aliphatic rings. The van der Waals surface area contributed by atoms with E-state index in [0.29, 0.717) is 30.5 Å². The summed E-state index contributed by atoms with van der Waals surface area (Å²) >= 11 is 1.51. The van der Waals surface area contributed by atoms with Gasteiger partial charge in [0, 0.05) is 37.9 Å². The number of rotatable bonds is 6. The number of esters is 1. The number of amides is 1. The highest BCUT2D eigenvalue weighted by Gasteiger charge is 2.53. The minimum Gasteiger partial charge on any atom is -0.481 e. The van der Waals surface area contributed by atoms with Gasteiger partial charge >= 0.3 is 5.97 Å². The summed E-state index contributed by atoms with van der Waals surface area (Å²) in [5, 5.41) is 6.53. The average Bonchev–Trinajstić information content (AvgIpc) is 2.98. The predicted octanol–water partition coefficient (Wildman–Crippen LogP) is 3.41. The summed E-state index contributed by atoms with van der Waals surface area (Å²) in [7, 11) is 3.09. The third-order valence-corrected chi connectivity index (χ3v) is 9.34. The van der Waals surface area contributed by atoms with Gasteiger partial charge in [-0.3, -0.25) is 14.6 Å². The fourth-order valence-corrected chi connectivity index (χ4v) is 7.05. The highest BCUT2D eigenvalue weighted by Crippen LogP contribution is 2.48. The molecule has 204 valence electrons. The van der Waals surface area contributed by atoms with Crippen molar-refractivity contribution in [2.75, 3.05) is 43.3 Å². The van der Waals surface area contributed by atoms with Gasteiger partial charge in [-0.1, -0.05) is 0 Å². The van der Waals surface area contributed by atoms with E-state index < -0.39 is 5.41 Å². The van der Waals surface area contributed by atoms with Crippen LogP contribution in [0.15, 0.2) is 41.4 Å². The van der Waals surface area contributed by atoms with E-state index in [-0.39, 0.29) is 23.8 Å². The lowest BCUT2D eigenvalue weighted by Gasteiger charge is -2.51. The maximum absolute atomic E-state index is 13.3. The molecule has 1 aliphatic carbocycles. The number of anilines is 2. The largest absolute Gasteiger partial charge is 0.481 e. The SMILES string of the molecule is COC(=O)C12CCC(NCc3ccc4c(n3)NC(=O)CS4)CC1CCN(c1ccnc3ccc(OC)nc13)C2. The second kappa shape index (κ2) is 10.6. The predicted molar refractivity (Wildman–Crippen MR) is 149 cm³/mol. The molecule has 11 heteroatoms. The van der Waals surface area contributed by atoms with Crippen molar-refractivity contribution in [3.8, 4) is 5.88 Å². The monoisotopic (exact) mass is 548 g/mol. The van der Waals surface area contributed by atoms with E-state index in [4.69, 9.17) is 9.47 Å². The Hall–Kier alpha value is -3.44. The second-order valence-electron chi connectivity index (χ2n) is 10.4. The Balaban J connectivity index is 1.18. The van der Waals surface area contributed by atoms with Crippen molar-refractivity contribution in [1.29, 1.82) is 0 Å². The van der Waals surface area contributed by atoms with E-state index >= 15 is 0 Å². The topological polar surface area (TPSA) is 119 Å². The number of nitrogens with zero attached hydrogens (tertiary/aromatic N) is 4. The number of carbonyl (C=O) groups is 2. The minimum atomic E-state index is -0.578. The first-order valence-corrected chi connectivity index (χ1v) is 14.3. The van der Waals surface area contributed by atoms with E-state index in [1.54, 1.807) is 13.3 Å². The molecule has 3 aromatic rings. The molecule has 2 aliphatic heterocycles. The fraction of sp³-hybridized carbons (Fsp3) is 0.464. The first kappa shape index (κ1) is 25.8. The molecule has 3 unspecified atom stereocenters. The Labute approximate surface area is 231 Å². The Morgan fingerprint density at radius 1 is 1.21 bits per heavy atom. The van der Waals surface area contributed by atoms with Crippen LogP contribution in [-0.4, -0.2) is 65.9 Å². The standard InChI is InChI=1S/C28H32N6O4S/c1-37-24-6-4-20-25(33-24)21(8-11-29-20)34-12-9-17-13-18(7-10-28(17,16-34)27(36)38-2)30-14-19-3-5-22-26(31-19)32-23(35)15-39-22/h3-6,8,11,17-18,30H,7,9-10,12-16H2,1-2H3,(H,31,32,35). The number of ether oxygens (including phenoxy) is 2. The van der Waals surface area contributed by atoms with Gasteiger partial charge in [0.25, 0.3) is 0 Å². The quantitative estimate of drug-likeness (QED) is 0.444. The number of piperidine rings is 1. The Kier molecular flexibility index (Phi) is 7.03. The van der Waals surface area contributed by atoms with Crippen LogP contribution < -0.4 is 20.3 Å². The van der Waals surface area contributed by atoms with Crippen LogP contribution in [0, 0.1) is 11.3 Å². The van der Waals surface area contributed by atoms with E-state index in [1.165, 1.54) is 18.9 Å².